The van der Waals surface area contributed by atoms with Gasteiger partial charge in [0.1, 0.15) is 18.6 Å². The van der Waals surface area contributed by atoms with Gasteiger partial charge in [0.05, 0.1) is 20.2 Å². The number of methoxy groups -OCH3 is 1. The number of amides is 1. The Morgan fingerprint density at radius 1 is 1.29 bits per heavy atom. The van der Waals surface area contributed by atoms with E-state index in [1.807, 2.05) is 0 Å². The van der Waals surface area contributed by atoms with Crippen LogP contribution in [0.1, 0.15) is 12.8 Å². The average Bonchev–Trinajstić information content (AvgIpc) is 2.34. The van der Waals surface area contributed by atoms with Gasteiger partial charge in [0.2, 0.25) is 5.91 Å². The van der Waals surface area contributed by atoms with Gasteiger partial charge in [-0.1, -0.05) is 0 Å². The Morgan fingerprint density at radius 2 is 1.94 bits per heavy atom. The first-order valence-electron chi connectivity index (χ1n) is 5.05. The molecule has 0 unspecified atom stereocenters. The van der Waals surface area contributed by atoms with Crippen molar-refractivity contribution in [1.29, 1.82) is 0 Å². The van der Waals surface area contributed by atoms with Crippen molar-refractivity contribution in [3.63, 3.8) is 0 Å². The standard InChI is InChI=1S/C10H16N2O5/c1-17-10(16)7-12(4-5-13)9(15)3-2-8(14)6-11/h5H,2-4,6-7,11H2,1H3. The van der Waals surface area contributed by atoms with E-state index in [2.05, 4.69) is 4.74 Å². The van der Waals surface area contributed by atoms with E-state index in [1.165, 1.54) is 7.11 Å². The lowest BCUT2D eigenvalue weighted by Crippen LogP contribution is -2.37. The van der Waals surface area contributed by atoms with Crippen LogP contribution in [-0.4, -0.2) is 55.6 Å². The molecule has 0 heterocycles. The van der Waals surface area contributed by atoms with Crippen molar-refractivity contribution in [2.45, 2.75) is 12.8 Å². The molecule has 0 rings (SSSR count). The predicted octanol–water partition coefficient (Wildman–Crippen LogP) is -1.51. The van der Waals surface area contributed by atoms with Crippen LogP contribution in [0.3, 0.4) is 0 Å². The van der Waals surface area contributed by atoms with Crippen LogP contribution in [0.15, 0.2) is 0 Å². The van der Waals surface area contributed by atoms with E-state index >= 15 is 0 Å². The zero-order valence-electron chi connectivity index (χ0n) is 9.68. The van der Waals surface area contributed by atoms with E-state index < -0.39 is 11.9 Å². The molecule has 0 spiro atoms. The van der Waals surface area contributed by atoms with Crippen LogP contribution in [0.25, 0.3) is 0 Å². The molecule has 0 aromatic carbocycles. The van der Waals surface area contributed by atoms with E-state index in [0.717, 1.165) is 4.90 Å². The summed E-state index contributed by atoms with van der Waals surface area (Å²) in [5.74, 6) is -1.32. The highest BCUT2D eigenvalue weighted by Gasteiger charge is 2.17. The van der Waals surface area contributed by atoms with Gasteiger partial charge in [-0.2, -0.15) is 0 Å². The lowest BCUT2D eigenvalue weighted by Gasteiger charge is -2.18. The fraction of sp³-hybridized carbons (Fsp3) is 0.600. The van der Waals surface area contributed by atoms with Gasteiger partial charge in [-0.05, 0) is 0 Å². The second kappa shape index (κ2) is 8.40. The fourth-order valence-corrected chi connectivity index (χ4v) is 1.07. The zero-order chi connectivity index (χ0) is 13.3. The highest BCUT2D eigenvalue weighted by Crippen LogP contribution is 1.98. The minimum Gasteiger partial charge on any atom is -0.468 e. The summed E-state index contributed by atoms with van der Waals surface area (Å²) in [5.41, 5.74) is 5.09. The highest BCUT2D eigenvalue weighted by molar-refractivity contribution is 5.88. The SMILES string of the molecule is COC(=O)CN(CC=O)C(=O)CCC(=O)CN. The van der Waals surface area contributed by atoms with Gasteiger partial charge in [0, 0.05) is 12.8 Å². The number of nitrogens with zero attached hydrogens (tertiary/aromatic N) is 1. The van der Waals surface area contributed by atoms with Gasteiger partial charge >= 0.3 is 5.97 Å². The molecule has 7 nitrogen and oxygen atoms in total. The monoisotopic (exact) mass is 244 g/mol. The van der Waals surface area contributed by atoms with E-state index in [1.54, 1.807) is 0 Å². The van der Waals surface area contributed by atoms with Crippen LogP contribution in [0.5, 0.6) is 0 Å². The minimum absolute atomic E-state index is 0.00582. The molecule has 0 aliphatic carbocycles. The number of hydrogen-bond acceptors (Lipinski definition) is 6. The normalized spacial score (nSPS) is 9.53. The van der Waals surface area contributed by atoms with Crippen molar-refractivity contribution in [1.82, 2.24) is 4.90 Å². The number of rotatable bonds is 8. The third-order valence-corrected chi connectivity index (χ3v) is 2.04. The third-order valence-electron chi connectivity index (χ3n) is 2.04. The zero-order valence-corrected chi connectivity index (χ0v) is 9.68. The number of Topliss-reactive ketones (excluding diaryl/α,β-unsaturated/α-hetero) is 1. The molecule has 0 fully saturated rings. The molecule has 7 heteroatoms. The van der Waals surface area contributed by atoms with Crippen LogP contribution in [-0.2, 0) is 23.9 Å². The molecule has 0 saturated carbocycles. The molecular formula is C10H16N2O5. The number of carbonyl (C=O) groups is 4. The molecule has 0 bridgehead atoms. The number of esters is 1. The quantitative estimate of drug-likeness (QED) is 0.411. The van der Waals surface area contributed by atoms with E-state index in [4.69, 9.17) is 5.73 Å². The second-order valence-electron chi connectivity index (χ2n) is 3.26. The first-order chi connectivity index (χ1) is 8.04. The number of ketones is 1. The van der Waals surface area contributed by atoms with Gasteiger partial charge in [-0.15, -0.1) is 0 Å². The predicted molar refractivity (Wildman–Crippen MR) is 58.0 cm³/mol. The molecule has 0 saturated heterocycles. The maximum Gasteiger partial charge on any atom is 0.325 e. The molecular weight excluding hydrogens is 228 g/mol. The summed E-state index contributed by atoms with van der Waals surface area (Å²) >= 11 is 0. The highest BCUT2D eigenvalue weighted by atomic mass is 16.5. The van der Waals surface area contributed by atoms with Gasteiger partial charge in [0.25, 0.3) is 0 Å². The summed E-state index contributed by atoms with van der Waals surface area (Å²) in [5, 5.41) is 0. The number of hydrogen-bond donors (Lipinski definition) is 1. The van der Waals surface area contributed by atoms with Crippen LogP contribution in [0.4, 0.5) is 0 Å². The Kier molecular flexibility index (Phi) is 7.53. The Labute approximate surface area is 98.9 Å². The lowest BCUT2D eigenvalue weighted by atomic mass is 10.2. The number of nitrogens with two attached hydrogens (primary N) is 1. The molecule has 0 aliphatic heterocycles. The van der Waals surface area contributed by atoms with E-state index in [9.17, 15) is 19.2 Å². The van der Waals surface area contributed by atoms with Gasteiger partial charge in [-0.25, -0.2) is 0 Å². The molecule has 2 N–H and O–H groups in total. The first-order valence-corrected chi connectivity index (χ1v) is 5.05. The molecule has 0 aromatic rings. The van der Waals surface area contributed by atoms with Crippen molar-refractivity contribution in [2.24, 2.45) is 5.73 Å². The molecule has 0 atom stereocenters. The average molecular weight is 244 g/mol. The summed E-state index contributed by atoms with van der Waals surface area (Å²) in [6.07, 6.45) is 0.443. The maximum atomic E-state index is 11.6. The van der Waals surface area contributed by atoms with Crippen molar-refractivity contribution < 1.29 is 23.9 Å². The molecule has 0 aliphatic rings. The van der Waals surface area contributed by atoms with Crippen LogP contribution >= 0.6 is 0 Å². The molecule has 0 radical (unpaired) electrons. The topological polar surface area (TPSA) is 107 Å². The summed E-state index contributed by atoms with van der Waals surface area (Å²) in [6.45, 7) is -0.631. The summed E-state index contributed by atoms with van der Waals surface area (Å²) < 4.78 is 4.39. The second-order valence-corrected chi connectivity index (χ2v) is 3.26. The Balaban J connectivity index is 4.28. The van der Waals surface area contributed by atoms with Crippen molar-refractivity contribution in [2.75, 3.05) is 26.7 Å². The number of aldehydes is 1. The Hall–Kier alpha value is -1.76. The van der Waals surface area contributed by atoms with Gasteiger partial charge in [0.15, 0.2) is 0 Å². The maximum absolute atomic E-state index is 11.6. The minimum atomic E-state index is -0.620. The lowest BCUT2D eigenvalue weighted by molar-refractivity contribution is -0.147. The molecule has 0 aromatic heterocycles. The summed E-state index contributed by atoms with van der Waals surface area (Å²) in [7, 11) is 1.18. The Bertz CT molecular complexity index is 303. The molecule has 17 heavy (non-hydrogen) atoms. The van der Waals surface area contributed by atoms with Crippen LogP contribution in [0.2, 0.25) is 0 Å². The first kappa shape index (κ1) is 15.2. The number of carbonyl (C=O) groups excluding carboxylic acids is 4. The van der Waals surface area contributed by atoms with E-state index in [0.29, 0.717) is 6.29 Å². The third kappa shape index (κ3) is 6.41. The van der Waals surface area contributed by atoms with Crippen molar-refractivity contribution in [3.05, 3.63) is 0 Å². The van der Waals surface area contributed by atoms with Crippen LogP contribution in [0, 0.1) is 0 Å². The molecule has 96 valence electrons. The van der Waals surface area contributed by atoms with Gasteiger partial charge < -0.3 is 20.2 Å². The Morgan fingerprint density at radius 3 is 2.41 bits per heavy atom. The van der Waals surface area contributed by atoms with Crippen LogP contribution < -0.4 is 5.73 Å². The van der Waals surface area contributed by atoms with E-state index in [-0.39, 0.29) is 38.3 Å². The van der Waals surface area contributed by atoms with Crippen molar-refractivity contribution >= 4 is 23.9 Å². The molecule has 1 amide bonds. The summed E-state index contributed by atoms with van der Waals surface area (Å²) in [4.78, 5) is 44.8. The van der Waals surface area contributed by atoms with Gasteiger partial charge in [-0.3, -0.25) is 14.4 Å². The largest absolute Gasteiger partial charge is 0.468 e. The summed E-state index contributed by atoms with van der Waals surface area (Å²) in [6, 6.07) is 0. The smallest absolute Gasteiger partial charge is 0.325 e. The van der Waals surface area contributed by atoms with Crippen molar-refractivity contribution in [3.8, 4) is 0 Å². The fourth-order valence-electron chi connectivity index (χ4n) is 1.07. The number of ether oxygens (including phenoxy) is 1.